The largest absolute Gasteiger partial charge is 1.00 e. The number of Topliss-reactive ketones (excluding diaryl/α,β-unsaturated/α-hetero) is 1. The number of carbonyl (C=O) groups is 2. The monoisotopic (exact) mass is 2770 g/mol. The summed E-state index contributed by atoms with van der Waals surface area (Å²) in [5, 5.41) is 7.91. The second kappa shape index (κ2) is 63.3. The summed E-state index contributed by atoms with van der Waals surface area (Å²) in [7, 11) is 8.22. The van der Waals surface area contributed by atoms with Gasteiger partial charge in [0.15, 0.2) is 35.0 Å². The molecule has 0 radical (unpaired) electrons. The van der Waals surface area contributed by atoms with Crippen molar-refractivity contribution in [3.63, 3.8) is 0 Å². The fourth-order valence-electron chi connectivity index (χ4n) is 16.1. The number of hydrogen-bond acceptors (Lipinski definition) is 14. The van der Waals surface area contributed by atoms with Crippen molar-refractivity contribution in [3.05, 3.63) is 466 Å². The third-order valence-corrected chi connectivity index (χ3v) is 23.8. The summed E-state index contributed by atoms with van der Waals surface area (Å²) in [6, 6.07) is 99.9. The van der Waals surface area contributed by atoms with Gasteiger partial charge in [-0.3, -0.25) is 21.3 Å². The quantitative estimate of drug-likeness (QED) is 0.0143. The number of benzene rings is 12. The molecule has 19 nitrogen and oxygen atoms in total. The zero-order valence-electron chi connectivity index (χ0n) is 83.1. The summed E-state index contributed by atoms with van der Waals surface area (Å²) in [5.41, 5.74) is 34.5. The predicted molar refractivity (Wildman–Crippen MR) is 597 cm³/mol. The molecule has 144 heavy (non-hydrogen) atoms. The van der Waals surface area contributed by atoms with Gasteiger partial charge >= 0.3 is 5.97 Å². The number of alkyl halides is 2. The van der Waals surface area contributed by atoms with Gasteiger partial charge in [-0.25, -0.2) is 29.1 Å². The Morgan fingerprint density at radius 1 is 0.521 bits per heavy atom. The molecule has 19 rings (SSSR count). The minimum atomic E-state index is -0.718. The van der Waals surface area contributed by atoms with Crippen molar-refractivity contribution in [2.24, 2.45) is 5.73 Å². The maximum absolute atomic E-state index is 12.6. The molecule has 1 atom stereocenters. The molecule has 4 N–H and O–H groups in total. The first-order valence-electron chi connectivity index (χ1n) is 46.2. The summed E-state index contributed by atoms with van der Waals surface area (Å²) in [6.07, 6.45) is 23.5. The number of aliphatic carboxylic acids is 1. The van der Waals surface area contributed by atoms with Gasteiger partial charge in [0.25, 0.3) is 0 Å². The molecule has 0 saturated heterocycles. The molecule has 1 aliphatic heterocycles. The number of imidazole rings is 3. The number of para-hydroxylation sites is 3. The number of aryl methyl sites for hydroxylation is 15. The molecule has 752 valence electrons. The Balaban J connectivity index is 0.000000237. The number of anilines is 1. The molecular formula is C117H116Cl2I4N12O7Pt2-4. The van der Waals surface area contributed by atoms with Crippen LogP contribution in [0.2, 0.25) is 0 Å². The van der Waals surface area contributed by atoms with Crippen molar-refractivity contribution in [1.82, 2.24) is 43.9 Å². The van der Waals surface area contributed by atoms with Crippen LogP contribution in [0.1, 0.15) is 114 Å². The van der Waals surface area contributed by atoms with Crippen molar-refractivity contribution in [2.45, 2.75) is 121 Å². The van der Waals surface area contributed by atoms with Gasteiger partial charge in [-0.2, -0.15) is 38.4 Å². The Morgan fingerprint density at radius 2 is 0.944 bits per heavy atom. The van der Waals surface area contributed by atoms with E-state index >= 15 is 0 Å². The summed E-state index contributed by atoms with van der Waals surface area (Å²) in [6.45, 7) is 29.6. The Labute approximate surface area is 944 Å². The number of carboxylic acids is 1. The number of ketones is 1. The van der Waals surface area contributed by atoms with Crippen molar-refractivity contribution >= 4 is 114 Å². The van der Waals surface area contributed by atoms with E-state index in [9.17, 15) is 9.59 Å². The number of aromatic amines is 1. The van der Waals surface area contributed by atoms with Crippen LogP contribution in [-0.4, -0.2) is 83.0 Å². The standard InChI is InChI=1S/C29H28N3O.C29H26N3O.C20H20INO.C17H19NO.C9H8N2.C6H5I.C3H5IO2.C3H4N2.CHO.Cl2.HI.2Pt/c2*1-21-18-22(2)27(23(3)19-21)29-28(24-10-6-4-7-11-24)30-26(33-29)14-15-31-16-17-32(20-31)25-12-8-5-9-13-25;1-13-11-14(2)18(15(3)12-13)20-19(16-7-5-4-6-8-16)22-17(23-20)9-10-21;1-11-9-12(2)15(13(3)10-11)17(19)16(18)14-7-5-4-6-8-14;1-2-4-9(5-3-1)11-7-6-10-8-11;7-6-4-2-1-3-5-6;4-2-1-3(5)6;1-2-5-3-4-1;2*1-2;;;/h4-13,16-20H,14-15H2,1-3H3;4-10,12,16-20H,14-15H2,1-3H3;4-8,11-12H,9-10H2,1-3H3;4-10,16H,18H2,1-3H3;1-8H;1-5H;1-2H2,(H,5,6);1-3H,(H,4,5);1H;;1H;;/q+1;-3;;;;;;;-1;;;;/p-1/i;;;;;;;;1D;;;;. The number of aromatic nitrogens is 9. The van der Waals surface area contributed by atoms with Gasteiger partial charge in [0.2, 0.25) is 6.33 Å². The van der Waals surface area contributed by atoms with E-state index in [1.54, 1.807) is 31.2 Å². The number of hydrogen-bond donors (Lipinski definition) is 3. The normalized spacial score (nSPS) is 10.9. The van der Waals surface area contributed by atoms with E-state index in [-0.39, 0.29) is 78.3 Å². The molecule has 0 bridgehead atoms. The fraction of sp³-hybridized carbons (Fsp3) is 0.179. The first-order valence-corrected chi connectivity index (χ1v) is 50.9. The van der Waals surface area contributed by atoms with Crippen LogP contribution in [0.4, 0.5) is 5.69 Å². The number of halogens is 6. The number of carboxylic acid groups (broad SMARTS) is 1. The van der Waals surface area contributed by atoms with E-state index in [1.165, 1.54) is 64.8 Å². The Kier molecular flexibility index (Phi) is 51.9. The van der Waals surface area contributed by atoms with Gasteiger partial charge in [0.05, 0.1) is 38.1 Å². The number of nitrogens with zero attached hydrogens (tertiary/aromatic N) is 10. The Bertz CT molecular complexity index is 6810. The molecule has 0 amide bonds. The predicted octanol–water partition coefficient (Wildman–Crippen LogP) is 25.7. The SMILES string of the molecule is Cc1cc(C)c(-c2oc(CCI)nc2-c2ccccc2)c(C)c1.Cc1cc(C)c(-c2oc(CCN3C=CN(c4[c-]cccc4)[CH-]3)nc2-c2[c-]cccc2)c(C)c1.Cc1cc(C)c(-c2oc(CC[n+]3ccn(-c4ccccc4)c3)nc2-c2ccccc2)c(C)c1.Cc1cc(C)c(C(=O)C(N)c2ccccc2)c(C)c1.ClCl.Ic1ccccc1.O=C(O)CCI.[2H][C-]=O.[I-].[Pt].[Pt].c1c[nH]cn1.c1ccc(-n2ccnc2)cc1. The zero-order valence-corrected chi connectivity index (χ0v) is 96.8. The van der Waals surface area contributed by atoms with E-state index < -0.39 is 12.0 Å². The third kappa shape index (κ3) is 36.2. The molecule has 18 aromatic rings. The van der Waals surface area contributed by atoms with Crippen LogP contribution in [0.25, 0.3) is 79.1 Å². The number of carbonyl (C=O) groups excluding carboxylic acids is 2. The molecule has 1 aliphatic rings. The van der Waals surface area contributed by atoms with Crippen LogP contribution in [0, 0.1) is 105 Å². The summed E-state index contributed by atoms with van der Waals surface area (Å²) in [4.78, 5) is 59.7. The first kappa shape index (κ1) is 118. The number of oxazole rings is 3. The second-order valence-electron chi connectivity index (χ2n) is 33.0. The molecule has 1 unspecified atom stereocenters. The van der Waals surface area contributed by atoms with Gasteiger partial charge in [0.1, 0.15) is 35.2 Å². The van der Waals surface area contributed by atoms with E-state index in [2.05, 4.69) is 292 Å². The van der Waals surface area contributed by atoms with Gasteiger partial charge in [0, 0.05) is 159 Å². The maximum Gasteiger partial charge on any atom is 0.304 e. The van der Waals surface area contributed by atoms with Gasteiger partial charge in [-0.05, 0) is 211 Å². The summed E-state index contributed by atoms with van der Waals surface area (Å²) >= 11 is 6.66. The average Bonchev–Trinajstić information content (AvgIpc) is 1.67. The van der Waals surface area contributed by atoms with Crippen molar-refractivity contribution < 1.29 is 105 Å². The molecular weight excluding hydrogens is 2650 g/mol. The molecule has 0 fully saturated rings. The van der Waals surface area contributed by atoms with Gasteiger partial charge < -0.3 is 72.2 Å². The molecule has 12 aromatic carbocycles. The van der Waals surface area contributed by atoms with Gasteiger partial charge in [-0.15, -0.1) is 41.6 Å². The van der Waals surface area contributed by atoms with E-state index in [1.807, 2.05) is 254 Å². The summed E-state index contributed by atoms with van der Waals surface area (Å²) in [5.74, 6) is 4.14. The molecule has 0 saturated carbocycles. The number of rotatable bonds is 22. The molecule has 27 heteroatoms. The van der Waals surface area contributed by atoms with Gasteiger partial charge in [-0.1, -0.05) is 262 Å². The average molecular weight is 2770 g/mol. The second-order valence-corrected chi connectivity index (χ2v) is 36.4. The Hall–Kier alpha value is -11.1. The number of nitrogens with one attached hydrogen (secondary N) is 1. The van der Waals surface area contributed by atoms with Crippen LogP contribution in [-0.2, 0) is 77.5 Å². The smallest absolute Gasteiger partial charge is 0.304 e. The van der Waals surface area contributed by atoms with Crippen LogP contribution in [0.15, 0.2) is 361 Å². The molecule has 6 aromatic heterocycles. The van der Waals surface area contributed by atoms with Crippen LogP contribution < -0.4 is 39.2 Å². The third-order valence-electron chi connectivity index (χ3n) is 22.0. The van der Waals surface area contributed by atoms with Crippen LogP contribution in [0.3, 0.4) is 0 Å². The fourth-order valence-corrected chi connectivity index (χ4v) is 17.5. The molecule has 7 heterocycles. The summed E-state index contributed by atoms with van der Waals surface area (Å²) < 4.78 is 33.7. The van der Waals surface area contributed by atoms with Crippen molar-refractivity contribution in [1.29, 1.82) is 0 Å². The van der Waals surface area contributed by atoms with Crippen molar-refractivity contribution in [2.75, 3.05) is 20.3 Å². The minimum Gasteiger partial charge on any atom is -1.00 e. The number of H-pyrrole nitrogens is 1. The Morgan fingerprint density at radius 3 is 1.34 bits per heavy atom. The molecule has 0 spiro atoms. The van der Waals surface area contributed by atoms with Crippen LogP contribution in [0.5, 0.6) is 0 Å². The minimum absolute atomic E-state index is 0. The zero-order chi connectivity index (χ0) is 102. The van der Waals surface area contributed by atoms with E-state index in [0.717, 1.165) is 150 Å². The maximum atomic E-state index is 12.6. The topological polar surface area (TPSA) is 237 Å². The first-order chi connectivity index (χ1) is 68.8. The van der Waals surface area contributed by atoms with Crippen LogP contribution >= 0.6 is 89.5 Å². The van der Waals surface area contributed by atoms with E-state index in [4.69, 9.17) is 45.2 Å². The van der Waals surface area contributed by atoms with Crippen molar-refractivity contribution in [3.8, 4) is 79.1 Å². The van der Waals surface area contributed by atoms with E-state index in [0.29, 0.717) is 17.3 Å². The number of nitrogens with two attached hydrogens (primary N) is 1. The molecule has 0 aliphatic carbocycles.